The van der Waals surface area contributed by atoms with Gasteiger partial charge in [-0.2, -0.15) is 0 Å². The molecule has 6 heteroatoms. The molecule has 1 aromatic rings. The average molecular weight is 329 g/mol. The van der Waals surface area contributed by atoms with Crippen molar-refractivity contribution in [3.8, 4) is 5.75 Å². The molecule has 1 aromatic carbocycles. The van der Waals surface area contributed by atoms with E-state index in [4.69, 9.17) is 4.74 Å². The van der Waals surface area contributed by atoms with Gasteiger partial charge in [-0.3, -0.25) is 4.79 Å². The van der Waals surface area contributed by atoms with Crippen LogP contribution in [0.1, 0.15) is 26.7 Å². The van der Waals surface area contributed by atoms with Crippen molar-refractivity contribution >= 4 is 24.0 Å². The van der Waals surface area contributed by atoms with Gasteiger partial charge >= 0.3 is 0 Å². The third-order valence-corrected chi connectivity index (χ3v) is 4.22. The first-order valence-electron chi connectivity index (χ1n) is 7.55. The zero-order valence-corrected chi connectivity index (χ0v) is 13.7. The summed E-state index contributed by atoms with van der Waals surface area (Å²) in [4.78, 5) is 14.6. The Morgan fingerprint density at radius 1 is 1.41 bits per heavy atom. The van der Waals surface area contributed by atoms with E-state index in [0.29, 0.717) is 24.0 Å². The van der Waals surface area contributed by atoms with E-state index >= 15 is 0 Å². The smallest absolute Gasteiger partial charge is 0.230 e. The van der Waals surface area contributed by atoms with Gasteiger partial charge < -0.3 is 15.0 Å². The lowest BCUT2D eigenvalue weighted by atomic mass is 9.91. The van der Waals surface area contributed by atoms with Crippen molar-refractivity contribution in [3.63, 3.8) is 0 Å². The summed E-state index contributed by atoms with van der Waals surface area (Å²) in [5, 5.41) is 3.36. The highest BCUT2D eigenvalue weighted by Crippen LogP contribution is 2.35. The number of hydrogen-bond acceptors (Lipinski definition) is 3. The molecule has 2 heterocycles. The Hall–Kier alpha value is -1.33. The van der Waals surface area contributed by atoms with E-state index in [1.54, 1.807) is 11.0 Å². The van der Waals surface area contributed by atoms with Crippen molar-refractivity contribution < 1.29 is 13.9 Å². The van der Waals surface area contributed by atoms with E-state index in [-0.39, 0.29) is 36.2 Å². The molecule has 2 aliphatic rings. The summed E-state index contributed by atoms with van der Waals surface area (Å²) in [5.74, 6) is 0.283. The van der Waals surface area contributed by atoms with Crippen LogP contribution < -0.4 is 15.0 Å². The molecule has 0 spiro atoms. The Balaban J connectivity index is 0.00000176. The summed E-state index contributed by atoms with van der Waals surface area (Å²) in [5.41, 5.74) is 0.686. The van der Waals surface area contributed by atoms with Crippen molar-refractivity contribution in [2.24, 2.45) is 5.92 Å². The maximum Gasteiger partial charge on any atom is 0.230 e. The van der Waals surface area contributed by atoms with Gasteiger partial charge in [0.25, 0.3) is 0 Å². The molecule has 0 saturated carbocycles. The van der Waals surface area contributed by atoms with Crippen LogP contribution in [-0.2, 0) is 4.79 Å². The molecule has 4 nitrogen and oxygen atoms in total. The summed E-state index contributed by atoms with van der Waals surface area (Å²) in [6.45, 7) is 5.40. The average Bonchev–Trinajstić information content (AvgIpc) is 2.45. The van der Waals surface area contributed by atoms with Crippen molar-refractivity contribution in [1.82, 2.24) is 5.32 Å². The van der Waals surface area contributed by atoms with Crippen molar-refractivity contribution in [2.45, 2.75) is 38.8 Å². The number of halogens is 2. The van der Waals surface area contributed by atoms with E-state index in [1.165, 1.54) is 12.1 Å². The van der Waals surface area contributed by atoms with Gasteiger partial charge in [0.15, 0.2) is 0 Å². The van der Waals surface area contributed by atoms with E-state index in [1.807, 2.05) is 6.92 Å². The van der Waals surface area contributed by atoms with Gasteiger partial charge in [0.1, 0.15) is 17.7 Å². The number of nitrogens with zero attached hydrogens (tertiary/aromatic N) is 1. The molecule has 3 atom stereocenters. The quantitative estimate of drug-likeness (QED) is 0.862. The molecule has 0 bridgehead atoms. The van der Waals surface area contributed by atoms with Crippen LogP contribution in [0.25, 0.3) is 0 Å². The third-order valence-electron chi connectivity index (χ3n) is 4.22. The van der Waals surface area contributed by atoms with E-state index < -0.39 is 0 Å². The minimum absolute atomic E-state index is 0. The second kappa shape index (κ2) is 6.84. The fraction of sp³-hybridized carbons (Fsp3) is 0.562. The number of anilines is 1. The number of rotatable bonds is 1. The van der Waals surface area contributed by atoms with Crippen LogP contribution >= 0.6 is 12.4 Å². The van der Waals surface area contributed by atoms with E-state index in [9.17, 15) is 9.18 Å². The maximum atomic E-state index is 13.4. The second-order valence-corrected chi connectivity index (χ2v) is 6.07. The van der Waals surface area contributed by atoms with Crippen LogP contribution in [-0.4, -0.2) is 31.1 Å². The van der Waals surface area contributed by atoms with Crippen molar-refractivity contribution in [2.75, 3.05) is 18.0 Å². The normalized spacial score (nSPS) is 27.4. The number of piperidine rings is 1. The molecule has 1 saturated heterocycles. The van der Waals surface area contributed by atoms with Gasteiger partial charge in [-0.1, -0.05) is 0 Å². The predicted molar refractivity (Wildman–Crippen MR) is 86.3 cm³/mol. The number of hydrogen-bond donors (Lipinski definition) is 1. The molecular weight excluding hydrogens is 307 g/mol. The monoisotopic (exact) mass is 328 g/mol. The Morgan fingerprint density at radius 3 is 2.91 bits per heavy atom. The van der Waals surface area contributed by atoms with E-state index in [2.05, 4.69) is 12.2 Å². The number of nitrogens with one attached hydrogen (secondary N) is 1. The summed E-state index contributed by atoms with van der Waals surface area (Å²) < 4.78 is 19.0. The van der Waals surface area contributed by atoms with Crippen LogP contribution in [0.15, 0.2) is 18.2 Å². The first kappa shape index (κ1) is 17.0. The second-order valence-electron chi connectivity index (χ2n) is 6.07. The summed E-state index contributed by atoms with van der Waals surface area (Å²) in [7, 11) is 0. The first-order valence-corrected chi connectivity index (χ1v) is 7.55. The molecule has 2 aliphatic heterocycles. The molecule has 1 N–H and O–H groups in total. The van der Waals surface area contributed by atoms with Crippen molar-refractivity contribution in [3.05, 3.63) is 24.0 Å². The Morgan fingerprint density at radius 2 is 2.18 bits per heavy atom. The van der Waals surface area contributed by atoms with Crippen LogP contribution in [0.2, 0.25) is 0 Å². The standard InChI is InChI=1S/C16H21FN2O2.ClH/c1-10-7-12(5-6-18-10)16(20)19-9-11(2)21-15-8-13(17)3-4-14(15)19;/h3-4,8,10-12,18H,5-7,9H2,1-2H3;1H/t10-,11?,12-;/m0./s1. The minimum Gasteiger partial charge on any atom is -0.487 e. The number of carbonyl (C=O) groups is 1. The Bertz CT molecular complexity index is 555. The number of ether oxygens (including phenoxy) is 1. The highest BCUT2D eigenvalue weighted by Gasteiger charge is 2.34. The summed E-state index contributed by atoms with van der Waals surface area (Å²) >= 11 is 0. The van der Waals surface area contributed by atoms with E-state index in [0.717, 1.165) is 19.4 Å². The van der Waals surface area contributed by atoms with Crippen LogP contribution in [0, 0.1) is 11.7 Å². The van der Waals surface area contributed by atoms with Gasteiger partial charge in [0.05, 0.1) is 12.2 Å². The lowest BCUT2D eigenvalue weighted by molar-refractivity contribution is -0.123. The molecule has 122 valence electrons. The first-order chi connectivity index (χ1) is 10.0. The molecule has 0 aliphatic carbocycles. The van der Waals surface area contributed by atoms with Crippen LogP contribution in [0.4, 0.5) is 10.1 Å². The molecule has 3 rings (SSSR count). The number of amides is 1. The molecule has 0 aromatic heterocycles. The number of carbonyl (C=O) groups excluding carboxylic acids is 1. The maximum absolute atomic E-state index is 13.4. The van der Waals surface area contributed by atoms with Gasteiger partial charge in [-0.15, -0.1) is 12.4 Å². The van der Waals surface area contributed by atoms with Gasteiger partial charge in [-0.05, 0) is 45.4 Å². The highest BCUT2D eigenvalue weighted by molar-refractivity contribution is 5.97. The topological polar surface area (TPSA) is 41.6 Å². The molecule has 1 fully saturated rings. The zero-order valence-electron chi connectivity index (χ0n) is 12.8. The molecular formula is C16H22ClFN2O2. The largest absolute Gasteiger partial charge is 0.487 e. The SMILES string of the molecule is CC1CN(C(=O)[C@H]2CCN[C@@H](C)C2)c2ccc(F)cc2O1.Cl. The highest BCUT2D eigenvalue weighted by atomic mass is 35.5. The summed E-state index contributed by atoms with van der Waals surface area (Å²) in [6, 6.07) is 4.73. The lowest BCUT2D eigenvalue weighted by Crippen LogP contribution is -2.48. The van der Waals surface area contributed by atoms with Gasteiger partial charge in [0, 0.05) is 18.0 Å². The van der Waals surface area contributed by atoms with Gasteiger partial charge in [0.2, 0.25) is 5.91 Å². The summed E-state index contributed by atoms with van der Waals surface area (Å²) in [6.07, 6.45) is 1.58. The van der Waals surface area contributed by atoms with Crippen LogP contribution in [0.3, 0.4) is 0 Å². The Labute approximate surface area is 136 Å². The Kier molecular flexibility index (Phi) is 5.29. The molecule has 0 radical (unpaired) electrons. The number of benzene rings is 1. The molecule has 1 amide bonds. The van der Waals surface area contributed by atoms with Gasteiger partial charge in [-0.25, -0.2) is 4.39 Å². The van der Waals surface area contributed by atoms with Crippen molar-refractivity contribution in [1.29, 1.82) is 0 Å². The minimum atomic E-state index is -0.342. The lowest BCUT2D eigenvalue weighted by Gasteiger charge is -2.37. The molecule has 1 unspecified atom stereocenters. The molecule has 22 heavy (non-hydrogen) atoms. The third kappa shape index (κ3) is 3.36. The fourth-order valence-electron chi connectivity index (χ4n) is 3.20. The predicted octanol–water partition coefficient (Wildman–Crippen LogP) is 2.75. The number of fused-ring (bicyclic) bond motifs is 1. The fourth-order valence-corrected chi connectivity index (χ4v) is 3.20. The van der Waals surface area contributed by atoms with Crippen LogP contribution in [0.5, 0.6) is 5.75 Å². The zero-order chi connectivity index (χ0) is 15.0.